The van der Waals surface area contributed by atoms with Gasteiger partial charge in [-0.15, -0.1) is 0 Å². The molecule has 15 heavy (non-hydrogen) atoms. The Kier molecular flexibility index (Phi) is 2.72. The van der Waals surface area contributed by atoms with Crippen molar-refractivity contribution in [1.82, 2.24) is 0 Å². The van der Waals surface area contributed by atoms with Crippen LogP contribution in [0.5, 0.6) is 0 Å². The summed E-state index contributed by atoms with van der Waals surface area (Å²) in [6.07, 6.45) is 0. The van der Waals surface area contributed by atoms with Gasteiger partial charge in [-0.1, -0.05) is 32.0 Å². The van der Waals surface area contributed by atoms with Gasteiger partial charge >= 0.3 is 0 Å². The molecule has 0 aliphatic carbocycles. The Hall–Kier alpha value is -0.980. The number of benzene rings is 1. The Balaban J connectivity index is 2.30. The zero-order chi connectivity index (χ0) is 11.0. The van der Waals surface area contributed by atoms with Crippen LogP contribution in [0.2, 0.25) is 0 Å². The van der Waals surface area contributed by atoms with Crippen molar-refractivity contribution in [1.29, 1.82) is 0 Å². The van der Waals surface area contributed by atoms with Crippen LogP contribution in [0.3, 0.4) is 0 Å². The molecule has 1 fully saturated rings. The van der Waals surface area contributed by atoms with E-state index in [-0.39, 0.29) is 0 Å². The number of para-hydroxylation sites is 1. The van der Waals surface area contributed by atoms with Crippen molar-refractivity contribution >= 4 is 5.69 Å². The lowest BCUT2D eigenvalue weighted by Crippen LogP contribution is -2.34. The summed E-state index contributed by atoms with van der Waals surface area (Å²) < 4.78 is 0. The Morgan fingerprint density at radius 3 is 1.73 bits per heavy atom. The number of anilines is 1. The molecule has 4 atom stereocenters. The summed E-state index contributed by atoms with van der Waals surface area (Å²) in [5, 5.41) is 0. The third kappa shape index (κ3) is 1.64. The van der Waals surface area contributed by atoms with Gasteiger partial charge in [-0.25, -0.2) is 0 Å². The van der Waals surface area contributed by atoms with Crippen LogP contribution in [-0.4, -0.2) is 12.1 Å². The fourth-order valence-corrected chi connectivity index (χ4v) is 2.83. The largest absolute Gasteiger partial charge is 0.366 e. The number of rotatable bonds is 1. The normalized spacial score (nSPS) is 35.9. The third-order valence-corrected chi connectivity index (χ3v) is 4.28. The lowest BCUT2D eigenvalue weighted by molar-refractivity contribution is 0.413. The van der Waals surface area contributed by atoms with E-state index in [0.29, 0.717) is 12.1 Å². The van der Waals surface area contributed by atoms with E-state index in [0.717, 1.165) is 11.8 Å². The molecule has 1 saturated heterocycles. The summed E-state index contributed by atoms with van der Waals surface area (Å²) >= 11 is 0. The first-order valence-corrected chi connectivity index (χ1v) is 5.96. The number of nitrogens with zero attached hydrogens (tertiary/aromatic N) is 1. The van der Waals surface area contributed by atoms with Crippen molar-refractivity contribution in [3.05, 3.63) is 30.3 Å². The first-order chi connectivity index (χ1) is 7.13. The van der Waals surface area contributed by atoms with Crippen LogP contribution >= 0.6 is 0 Å². The molecule has 0 saturated carbocycles. The second-order valence-electron chi connectivity index (χ2n) is 4.94. The Labute approximate surface area is 93.1 Å². The SMILES string of the molecule is C[C@H]1[C@H](C)[C@H](C)N(c2ccccc2)[C@H]1C. The van der Waals surface area contributed by atoms with E-state index in [1.807, 2.05) is 0 Å². The summed E-state index contributed by atoms with van der Waals surface area (Å²) in [7, 11) is 0. The van der Waals surface area contributed by atoms with Gasteiger partial charge in [-0.3, -0.25) is 0 Å². The van der Waals surface area contributed by atoms with E-state index in [9.17, 15) is 0 Å². The molecular weight excluding hydrogens is 182 g/mol. The highest BCUT2D eigenvalue weighted by atomic mass is 15.2. The van der Waals surface area contributed by atoms with Crippen molar-refractivity contribution in [2.75, 3.05) is 4.90 Å². The Bertz CT molecular complexity index is 305. The van der Waals surface area contributed by atoms with E-state index in [1.54, 1.807) is 0 Å². The lowest BCUT2D eigenvalue weighted by Gasteiger charge is -2.29. The summed E-state index contributed by atoms with van der Waals surface area (Å²) in [6.45, 7) is 9.43. The van der Waals surface area contributed by atoms with Crippen LogP contribution in [0.4, 0.5) is 5.69 Å². The van der Waals surface area contributed by atoms with Crippen molar-refractivity contribution < 1.29 is 0 Å². The molecule has 82 valence electrons. The molecule has 0 spiro atoms. The van der Waals surface area contributed by atoms with E-state index in [2.05, 4.69) is 62.9 Å². The van der Waals surface area contributed by atoms with Gasteiger partial charge in [0.05, 0.1) is 0 Å². The molecular formula is C14H21N. The maximum Gasteiger partial charge on any atom is 0.0371 e. The predicted molar refractivity (Wildman–Crippen MR) is 66.2 cm³/mol. The van der Waals surface area contributed by atoms with Gasteiger partial charge in [-0.2, -0.15) is 0 Å². The van der Waals surface area contributed by atoms with E-state index >= 15 is 0 Å². The molecule has 1 nitrogen and oxygen atoms in total. The summed E-state index contributed by atoms with van der Waals surface area (Å²) in [5.74, 6) is 1.56. The van der Waals surface area contributed by atoms with Gasteiger partial charge in [0, 0.05) is 17.8 Å². The second-order valence-corrected chi connectivity index (χ2v) is 4.94. The number of hydrogen-bond acceptors (Lipinski definition) is 1. The van der Waals surface area contributed by atoms with Crippen molar-refractivity contribution in [2.45, 2.75) is 39.8 Å². The van der Waals surface area contributed by atoms with Crippen molar-refractivity contribution in [2.24, 2.45) is 11.8 Å². The molecule has 0 unspecified atom stereocenters. The van der Waals surface area contributed by atoms with Gasteiger partial charge in [-0.05, 0) is 37.8 Å². The molecule has 1 heteroatoms. The van der Waals surface area contributed by atoms with Crippen LogP contribution in [0.15, 0.2) is 30.3 Å². The highest BCUT2D eigenvalue weighted by molar-refractivity contribution is 5.49. The third-order valence-electron chi connectivity index (χ3n) is 4.28. The van der Waals surface area contributed by atoms with E-state index < -0.39 is 0 Å². The van der Waals surface area contributed by atoms with E-state index in [4.69, 9.17) is 0 Å². The molecule has 1 aliphatic heterocycles. The first kappa shape index (κ1) is 10.5. The standard InChI is InChI=1S/C14H21N/c1-10-11(2)13(4)15(12(10)3)14-8-6-5-7-9-14/h5-13H,1-4H3/t10-,11-,12-,13-/m0/s1. The fraction of sp³-hybridized carbons (Fsp3) is 0.571. The molecule has 1 aliphatic rings. The molecule has 0 amide bonds. The van der Waals surface area contributed by atoms with Crippen LogP contribution < -0.4 is 4.90 Å². The fourth-order valence-electron chi connectivity index (χ4n) is 2.83. The second kappa shape index (κ2) is 3.88. The van der Waals surface area contributed by atoms with Crippen LogP contribution in [0.25, 0.3) is 0 Å². The van der Waals surface area contributed by atoms with Crippen LogP contribution in [-0.2, 0) is 0 Å². The molecule has 1 aromatic carbocycles. The van der Waals surface area contributed by atoms with Crippen LogP contribution in [0, 0.1) is 11.8 Å². The predicted octanol–water partition coefficient (Wildman–Crippen LogP) is 3.56. The molecule has 1 aromatic rings. The minimum absolute atomic E-state index is 0.650. The van der Waals surface area contributed by atoms with Gasteiger partial charge in [0.15, 0.2) is 0 Å². The number of hydrogen-bond donors (Lipinski definition) is 0. The topological polar surface area (TPSA) is 3.24 Å². The lowest BCUT2D eigenvalue weighted by atomic mass is 9.92. The zero-order valence-corrected chi connectivity index (χ0v) is 10.1. The highest BCUT2D eigenvalue weighted by Crippen LogP contribution is 2.37. The van der Waals surface area contributed by atoms with Crippen LogP contribution in [0.1, 0.15) is 27.7 Å². The molecule has 1 heterocycles. The van der Waals surface area contributed by atoms with E-state index in [1.165, 1.54) is 5.69 Å². The highest BCUT2D eigenvalue weighted by Gasteiger charge is 2.39. The Morgan fingerprint density at radius 2 is 1.27 bits per heavy atom. The Morgan fingerprint density at radius 1 is 0.800 bits per heavy atom. The quantitative estimate of drug-likeness (QED) is 0.674. The molecule has 0 aromatic heterocycles. The molecule has 2 rings (SSSR count). The smallest absolute Gasteiger partial charge is 0.0371 e. The summed E-state index contributed by atoms with van der Waals surface area (Å²) in [5.41, 5.74) is 1.37. The van der Waals surface area contributed by atoms with Gasteiger partial charge in [0.25, 0.3) is 0 Å². The molecule has 0 N–H and O–H groups in total. The monoisotopic (exact) mass is 203 g/mol. The average molecular weight is 203 g/mol. The van der Waals surface area contributed by atoms with Gasteiger partial charge in [0.1, 0.15) is 0 Å². The van der Waals surface area contributed by atoms with Gasteiger partial charge < -0.3 is 4.90 Å². The minimum atomic E-state index is 0.650. The molecule has 0 radical (unpaired) electrons. The minimum Gasteiger partial charge on any atom is -0.366 e. The van der Waals surface area contributed by atoms with Crippen molar-refractivity contribution in [3.63, 3.8) is 0 Å². The summed E-state index contributed by atoms with van der Waals surface area (Å²) in [6, 6.07) is 12.1. The molecule has 0 bridgehead atoms. The average Bonchev–Trinajstić information content (AvgIpc) is 2.45. The zero-order valence-electron chi connectivity index (χ0n) is 10.1. The van der Waals surface area contributed by atoms with Gasteiger partial charge in [0.2, 0.25) is 0 Å². The first-order valence-electron chi connectivity index (χ1n) is 5.96. The van der Waals surface area contributed by atoms with Crippen molar-refractivity contribution in [3.8, 4) is 0 Å². The maximum absolute atomic E-state index is 2.56. The maximum atomic E-state index is 2.56. The summed E-state index contributed by atoms with van der Waals surface area (Å²) in [4.78, 5) is 2.56.